The van der Waals surface area contributed by atoms with Crippen LogP contribution in [-0.2, 0) is 11.3 Å². The van der Waals surface area contributed by atoms with Crippen molar-refractivity contribution in [3.8, 4) is 0 Å². The van der Waals surface area contributed by atoms with Crippen LogP contribution in [0, 0.1) is 5.82 Å². The number of hydrogen-bond donors (Lipinski definition) is 0. The third-order valence-corrected chi connectivity index (χ3v) is 3.32. The maximum Gasteiger partial charge on any atom is 0.340 e. The molecular formula is C16H13FN2O2. The van der Waals surface area contributed by atoms with Gasteiger partial charge in [0.1, 0.15) is 5.82 Å². The monoisotopic (exact) mass is 284 g/mol. The molecule has 0 N–H and O–H groups in total. The van der Waals surface area contributed by atoms with Crippen LogP contribution in [-0.4, -0.2) is 22.9 Å². The van der Waals surface area contributed by atoms with E-state index in [4.69, 9.17) is 0 Å². The van der Waals surface area contributed by atoms with Gasteiger partial charge in [0.2, 0.25) is 0 Å². The van der Waals surface area contributed by atoms with E-state index in [-0.39, 0.29) is 5.56 Å². The van der Waals surface area contributed by atoms with E-state index in [1.165, 1.54) is 19.2 Å². The molecule has 0 aliphatic heterocycles. The number of ether oxygens (including phenoxy) is 1. The Morgan fingerprint density at radius 3 is 2.86 bits per heavy atom. The summed E-state index contributed by atoms with van der Waals surface area (Å²) >= 11 is 0. The lowest BCUT2D eigenvalue weighted by molar-refractivity contribution is 0.0595. The van der Waals surface area contributed by atoms with Crippen LogP contribution in [0.5, 0.6) is 0 Å². The first-order valence-corrected chi connectivity index (χ1v) is 6.46. The number of esters is 1. The summed E-state index contributed by atoms with van der Waals surface area (Å²) in [6.45, 7) is 0.436. The second-order valence-electron chi connectivity index (χ2n) is 4.67. The molecule has 0 radical (unpaired) electrons. The van der Waals surface area contributed by atoms with Crippen LogP contribution in [0.2, 0.25) is 0 Å². The van der Waals surface area contributed by atoms with Gasteiger partial charge in [-0.25, -0.2) is 9.18 Å². The average Bonchev–Trinajstić information content (AvgIpc) is 2.90. The predicted octanol–water partition coefficient (Wildman–Crippen LogP) is 3.01. The van der Waals surface area contributed by atoms with E-state index in [2.05, 4.69) is 9.84 Å². The predicted molar refractivity (Wildman–Crippen MR) is 76.6 cm³/mol. The number of benzene rings is 2. The molecule has 0 saturated carbocycles. The molecule has 5 heteroatoms. The van der Waals surface area contributed by atoms with E-state index in [0.29, 0.717) is 6.54 Å². The molecule has 0 atom stereocenters. The first-order valence-electron chi connectivity index (χ1n) is 6.46. The fraction of sp³-hybridized carbons (Fsp3) is 0.125. The van der Waals surface area contributed by atoms with Crippen molar-refractivity contribution in [1.82, 2.24) is 9.78 Å². The summed E-state index contributed by atoms with van der Waals surface area (Å²) in [5, 5.41) is 5.33. The van der Waals surface area contributed by atoms with Gasteiger partial charge in [-0.2, -0.15) is 5.10 Å². The molecule has 0 aliphatic rings. The Morgan fingerprint density at radius 1 is 1.29 bits per heavy atom. The molecule has 0 saturated heterocycles. The largest absolute Gasteiger partial charge is 0.465 e. The lowest BCUT2D eigenvalue weighted by Gasteiger charge is -2.06. The summed E-state index contributed by atoms with van der Waals surface area (Å²) < 4.78 is 20.2. The highest BCUT2D eigenvalue weighted by molar-refractivity contribution is 5.89. The highest BCUT2D eigenvalue weighted by atomic mass is 19.1. The Kier molecular flexibility index (Phi) is 3.39. The van der Waals surface area contributed by atoms with E-state index in [1.807, 2.05) is 24.3 Å². The molecular weight excluding hydrogens is 271 g/mol. The third kappa shape index (κ3) is 2.50. The molecule has 0 unspecified atom stereocenters. The van der Waals surface area contributed by atoms with E-state index in [9.17, 15) is 9.18 Å². The summed E-state index contributed by atoms with van der Waals surface area (Å²) in [6.07, 6.45) is 1.77. The maximum atomic E-state index is 13.9. The maximum absolute atomic E-state index is 13.9. The lowest BCUT2D eigenvalue weighted by Crippen LogP contribution is -2.07. The molecule has 1 heterocycles. The van der Waals surface area contributed by atoms with Gasteiger partial charge in [-0.15, -0.1) is 0 Å². The Balaban J connectivity index is 1.92. The number of nitrogens with zero attached hydrogens (tertiary/aromatic N) is 2. The first kappa shape index (κ1) is 13.3. The second-order valence-corrected chi connectivity index (χ2v) is 4.67. The minimum absolute atomic E-state index is 0.0634. The number of halogens is 1. The van der Waals surface area contributed by atoms with Crippen molar-refractivity contribution in [1.29, 1.82) is 0 Å². The van der Waals surface area contributed by atoms with Crippen molar-refractivity contribution in [3.63, 3.8) is 0 Å². The fourth-order valence-electron chi connectivity index (χ4n) is 2.26. The van der Waals surface area contributed by atoms with Crippen molar-refractivity contribution in [3.05, 3.63) is 65.6 Å². The van der Waals surface area contributed by atoms with Gasteiger partial charge in [0.15, 0.2) is 0 Å². The van der Waals surface area contributed by atoms with Gasteiger partial charge < -0.3 is 4.74 Å². The smallest absolute Gasteiger partial charge is 0.340 e. The summed E-state index contributed by atoms with van der Waals surface area (Å²) in [7, 11) is 1.23. The molecule has 0 aliphatic carbocycles. The van der Waals surface area contributed by atoms with Gasteiger partial charge in [-0.3, -0.25) is 4.68 Å². The number of methoxy groups -OCH3 is 1. The quantitative estimate of drug-likeness (QED) is 0.694. The molecule has 0 amide bonds. The van der Waals surface area contributed by atoms with Crippen molar-refractivity contribution in [2.75, 3.05) is 7.11 Å². The number of carbonyl (C=O) groups is 1. The van der Waals surface area contributed by atoms with Crippen LogP contribution in [0.4, 0.5) is 4.39 Å². The minimum Gasteiger partial charge on any atom is -0.465 e. The Labute approximate surface area is 120 Å². The fourth-order valence-corrected chi connectivity index (χ4v) is 2.26. The average molecular weight is 284 g/mol. The number of para-hydroxylation sites is 1. The van der Waals surface area contributed by atoms with Gasteiger partial charge in [-0.05, 0) is 23.8 Å². The van der Waals surface area contributed by atoms with Crippen molar-refractivity contribution >= 4 is 16.9 Å². The second kappa shape index (κ2) is 5.36. The van der Waals surface area contributed by atoms with Crippen molar-refractivity contribution in [2.45, 2.75) is 6.54 Å². The molecule has 0 bridgehead atoms. The first-order chi connectivity index (χ1) is 10.2. The highest BCUT2D eigenvalue weighted by Crippen LogP contribution is 2.16. The van der Waals surface area contributed by atoms with Crippen LogP contribution in [0.25, 0.3) is 10.9 Å². The molecule has 2 aromatic carbocycles. The molecule has 3 rings (SSSR count). The normalized spacial score (nSPS) is 10.8. The standard InChI is InChI=1S/C16H13FN2O2/c1-21-16(20)13-7-6-11(8-14(13)17)10-19-15-5-3-2-4-12(15)9-18-19/h2-9H,10H2,1H3. The summed E-state index contributed by atoms with van der Waals surface area (Å²) in [5.41, 5.74) is 1.65. The summed E-state index contributed by atoms with van der Waals surface area (Å²) in [5.74, 6) is -1.26. The molecule has 1 aromatic heterocycles. The summed E-state index contributed by atoms with van der Waals surface area (Å²) in [4.78, 5) is 11.4. The molecule has 21 heavy (non-hydrogen) atoms. The van der Waals surface area contributed by atoms with Crippen LogP contribution in [0.1, 0.15) is 15.9 Å². The van der Waals surface area contributed by atoms with E-state index < -0.39 is 11.8 Å². The topological polar surface area (TPSA) is 44.1 Å². The van der Waals surface area contributed by atoms with Crippen molar-refractivity contribution in [2.24, 2.45) is 0 Å². The Morgan fingerprint density at radius 2 is 2.10 bits per heavy atom. The Bertz CT molecular complexity index is 811. The van der Waals surface area contributed by atoms with Crippen LogP contribution < -0.4 is 0 Å². The molecule has 3 aromatic rings. The van der Waals surface area contributed by atoms with Gasteiger partial charge in [0, 0.05) is 5.39 Å². The van der Waals surface area contributed by atoms with Crippen LogP contribution in [0.15, 0.2) is 48.7 Å². The van der Waals surface area contributed by atoms with Gasteiger partial charge in [0.25, 0.3) is 0 Å². The highest BCUT2D eigenvalue weighted by Gasteiger charge is 2.12. The molecule has 4 nitrogen and oxygen atoms in total. The zero-order valence-electron chi connectivity index (χ0n) is 11.4. The molecule has 0 spiro atoms. The van der Waals surface area contributed by atoms with Gasteiger partial charge in [0.05, 0.1) is 30.9 Å². The third-order valence-electron chi connectivity index (χ3n) is 3.32. The Hall–Kier alpha value is -2.69. The van der Waals surface area contributed by atoms with Crippen molar-refractivity contribution < 1.29 is 13.9 Å². The zero-order valence-corrected chi connectivity index (χ0v) is 11.4. The number of carbonyl (C=O) groups excluding carboxylic acids is 1. The molecule has 0 fully saturated rings. The van der Waals surface area contributed by atoms with Gasteiger partial charge >= 0.3 is 5.97 Å². The van der Waals surface area contributed by atoms with Gasteiger partial charge in [-0.1, -0.05) is 24.3 Å². The van der Waals surface area contributed by atoms with E-state index in [1.54, 1.807) is 16.9 Å². The number of rotatable bonds is 3. The van der Waals surface area contributed by atoms with E-state index >= 15 is 0 Å². The molecule has 106 valence electrons. The number of hydrogen-bond acceptors (Lipinski definition) is 3. The lowest BCUT2D eigenvalue weighted by atomic mass is 10.1. The van der Waals surface area contributed by atoms with Crippen LogP contribution in [0.3, 0.4) is 0 Å². The van der Waals surface area contributed by atoms with Crippen LogP contribution >= 0.6 is 0 Å². The number of fused-ring (bicyclic) bond motifs is 1. The zero-order chi connectivity index (χ0) is 14.8. The summed E-state index contributed by atoms with van der Waals surface area (Å²) in [6, 6.07) is 12.3. The SMILES string of the molecule is COC(=O)c1ccc(Cn2ncc3ccccc32)cc1F. The van der Waals surface area contributed by atoms with E-state index in [0.717, 1.165) is 16.5 Å². The number of aromatic nitrogens is 2. The minimum atomic E-state index is -0.677.